The molecule has 1 amide bonds. The van der Waals surface area contributed by atoms with Crippen LogP contribution < -0.4 is 15.4 Å². The molecule has 0 saturated carbocycles. The van der Waals surface area contributed by atoms with E-state index in [1.807, 2.05) is 0 Å². The summed E-state index contributed by atoms with van der Waals surface area (Å²) in [5.41, 5.74) is 0.172. The summed E-state index contributed by atoms with van der Waals surface area (Å²) in [6.07, 6.45) is 3.69. The maximum absolute atomic E-state index is 12.6. The molecule has 2 saturated heterocycles. The average molecular weight is 320 g/mol. The highest BCUT2D eigenvalue weighted by Crippen LogP contribution is 2.34. The highest BCUT2D eigenvalue weighted by atomic mass is 16.5. The second-order valence-electron chi connectivity index (χ2n) is 6.22. The fourth-order valence-electron chi connectivity index (χ4n) is 3.55. The van der Waals surface area contributed by atoms with Crippen LogP contribution in [0.4, 0.5) is 0 Å². The van der Waals surface area contributed by atoms with Crippen LogP contribution in [0, 0.1) is 0 Å². The van der Waals surface area contributed by atoms with Crippen molar-refractivity contribution in [1.29, 1.82) is 0 Å². The molecule has 6 nitrogen and oxygen atoms in total. The molecular formula is C17H24N2O4. The van der Waals surface area contributed by atoms with Crippen LogP contribution in [0.2, 0.25) is 0 Å². The van der Waals surface area contributed by atoms with E-state index in [-0.39, 0.29) is 23.3 Å². The number of benzene rings is 1. The van der Waals surface area contributed by atoms with Gasteiger partial charge >= 0.3 is 0 Å². The highest BCUT2D eigenvalue weighted by molar-refractivity contribution is 5.95. The van der Waals surface area contributed by atoms with Gasteiger partial charge in [0.15, 0.2) is 11.5 Å². The molecule has 3 N–H and O–H groups in total. The number of phenolic OH excluding ortho intramolecular Hbond substituents is 1. The van der Waals surface area contributed by atoms with Gasteiger partial charge in [-0.2, -0.15) is 0 Å². The first-order valence-corrected chi connectivity index (χ1v) is 8.17. The molecule has 0 bridgehead atoms. The van der Waals surface area contributed by atoms with Crippen molar-refractivity contribution in [2.24, 2.45) is 0 Å². The first-order valence-electron chi connectivity index (χ1n) is 8.17. The number of hydrogen-bond acceptors (Lipinski definition) is 5. The smallest absolute Gasteiger partial charge is 0.251 e. The Bertz CT molecular complexity index is 561. The standard InChI is InChI=1S/C17H24N2O4/c1-22-14-5-4-12(11-13(14)20)16(21)19-15-3-2-10-23-17(15)6-8-18-9-7-17/h4-5,11,15,18,20H,2-3,6-10H2,1H3,(H,19,21). The van der Waals surface area contributed by atoms with E-state index in [1.165, 1.54) is 13.2 Å². The molecule has 2 aliphatic rings. The molecule has 3 rings (SSSR count). The monoisotopic (exact) mass is 320 g/mol. The van der Waals surface area contributed by atoms with Gasteiger partial charge in [0.1, 0.15) is 0 Å². The second-order valence-corrected chi connectivity index (χ2v) is 6.22. The largest absolute Gasteiger partial charge is 0.504 e. The molecule has 23 heavy (non-hydrogen) atoms. The summed E-state index contributed by atoms with van der Waals surface area (Å²) in [6.45, 7) is 2.58. The fraction of sp³-hybridized carbons (Fsp3) is 0.588. The molecule has 126 valence electrons. The zero-order chi connectivity index (χ0) is 16.3. The molecule has 1 spiro atoms. The molecule has 0 radical (unpaired) electrons. The third-order valence-corrected chi connectivity index (χ3v) is 4.86. The van der Waals surface area contributed by atoms with Crippen molar-refractivity contribution in [3.63, 3.8) is 0 Å². The van der Waals surface area contributed by atoms with E-state index in [4.69, 9.17) is 9.47 Å². The van der Waals surface area contributed by atoms with E-state index < -0.39 is 0 Å². The van der Waals surface area contributed by atoms with Crippen LogP contribution in [0.3, 0.4) is 0 Å². The maximum Gasteiger partial charge on any atom is 0.251 e. The third-order valence-electron chi connectivity index (χ3n) is 4.86. The van der Waals surface area contributed by atoms with Gasteiger partial charge in [-0.05, 0) is 57.0 Å². The van der Waals surface area contributed by atoms with E-state index in [9.17, 15) is 9.90 Å². The lowest BCUT2D eigenvalue weighted by Gasteiger charge is -2.46. The topological polar surface area (TPSA) is 79.8 Å². The van der Waals surface area contributed by atoms with Gasteiger partial charge in [0.25, 0.3) is 5.91 Å². The zero-order valence-corrected chi connectivity index (χ0v) is 13.4. The summed E-state index contributed by atoms with van der Waals surface area (Å²) in [5, 5.41) is 16.3. The van der Waals surface area contributed by atoms with Gasteiger partial charge in [-0.3, -0.25) is 4.79 Å². The number of aromatic hydroxyl groups is 1. The molecule has 0 aromatic heterocycles. The summed E-state index contributed by atoms with van der Waals surface area (Å²) in [5.74, 6) is 0.144. The Morgan fingerprint density at radius 1 is 1.43 bits per heavy atom. The van der Waals surface area contributed by atoms with E-state index in [0.717, 1.165) is 45.4 Å². The Morgan fingerprint density at radius 3 is 2.91 bits per heavy atom. The lowest BCUT2D eigenvalue weighted by molar-refractivity contribution is -0.114. The summed E-state index contributed by atoms with van der Waals surface area (Å²) in [6, 6.07) is 4.71. The van der Waals surface area contributed by atoms with Crippen LogP contribution in [0.15, 0.2) is 18.2 Å². The van der Waals surface area contributed by atoms with Crippen molar-refractivity contribution in [3.8, 4) is 11.5 Å². The fourth-order valence-corrected chi connectivity index (χ4v) is 3.55. The second kappa shape index (κ2) is 6.76. The van der Waals surface area contributed by atoms with E-state index in [1.54, 1.807) is 12.1 Å². The number of methoxy groups -OCH3 is 1. The van der Waals surface area contributed by atoms with Crippen LogP contribution in [-0.4, -0.2) is 49.5 Å². The summed E-state index contributed by atoms with van der Waals surface area (Å²) >= 11 is 0. The van der Waals surface area contributed by atoms with Gasteiger partial charge in [0.05, 0.1) is 18.8 Å². The molecule has 0 aliphatic carbocycles. The molecule has 1 unspecified atom stereocenters. The summed E-state index contributed by atoms with van der Waals surface area (Å²) < 4.78 is 11.1. The molecule has 1 aromatic carbocycles. The molecule has 2 aliphatic heterocycles. The van der Waals surface area contributed by atoms with Gasteiger partial charge in [-0.15, -0.1) is 0 Å². The van der Waals surface area contributed by atoms with Crippen molar-refractivity contribution in [1.82, 2.24) is 10.6 Å². The predicted molar refractivity (Wildman–Crippen MR) is 85.9 cm³/mol. The molecule has 1 atom stereocenters. The van der Waals surface area contributed by atoms with Crippen LogP contribution in [0.5, 0.6) is 11.5 Å². The molecule has 2 heterocycles. The Balaban J connectivity index is 1.74. The number of nitrogens with one attached hydrogen (secondary N) is 2. The van der Waals surface area contributed by atoms with Crippen LogP contribution >= 0.6 is 0 Å². The first-order chi connectivity index (χ1) is 11.1. The Labute approximate surface area is 136 Å². The number of rotatable bonds is 3. The predicted octanol–water partition coefficient (Wildman–Crippen LogP) is 1.43. The van der Waals surface area contributed by atoms with Gasteiger partial charge in [0.2, 0.25) is 0 Å². The van der Waals surface area contributed by atoms with Gasteiger partial charge in [0, 0.05) is 12.2 Å². The lowest BCUT2D eigenvalue weighted by atomic mass is 9.80. The number of ether oxygens (including phenoxy) is 2. The minimum absolute atomic E-state index is 0.00935. The van der Waals surface area contributed by atoms with E-state index >= 15 is 0 Å². The number of hydrogen-bond donors (Lipinski definition) is 3. The van der Waals surface area contributed by atoms with Gasteiger partial charge < -0.3 is 25.2 Å². The van der Waals surface area contributed by atoms with E-state index in [2.05, 4.69) is 10.6 Å². The minimum Gasteiger partial charge on any atom is -0.504 e. The number of phenols is 1. The van der Waals surface area contributed by atoms with Crippen molar-refractivity contribution >= 4 is 5.91 Å². The SMILES string of the molecule is COc1ccc(C(=O)NC2CCCOC23CCNCC3)cc1O. The van der Waals surface area contributed by atoms with Crippen LogP contribution in [0.1, 0.15) is 36.0 Å². The zero-order valence-electron chi connectivity index (χ0n) is 13.4. The normalized spacial score (nSPS) is 23.4. The Hall–Kier alpha value is -1.79. The van der Waals surface area contributed by atoms with Gasteiger partial charge in [-0.25, -0.2) is 0 Å². The number of carbonyl (C=O) groups excluding carboxylic acids is 1. The molecule has 1 aromatic rings. The highest BCUT2D eigenvalue weighted by Gasteiger charge is 2.43. The van der Waals surface area contributed by atoms with Crippen molar-refractivity contribution in [2.75, 3.05) is 26.8 Å². The third kappa shape index (κ3) is 3.28. The van der Waals surface area contributed by atoms with Gasteiger partial charge in [-0.1, -0.05) is 0 Å². The lowest BCUT2D eigenvalue weighted by Crippen LogP contribution is -2.60. The van der Waals surface area contributed by atoms with E-state index in [0.29, 0.717) is 11.3 Å². The summed E-state index contributed by atoms with van der Waals surface area (Å²) in [4.78, 5) is 12.6. The first kappa shape index (κ1) is 16.1. The minimum atomic E-state index is -0.256. The Kier molecular flexibility index (Phi) is 4.73. The molecule has 2 fully saturated rings. The van der Waals surface area contributed by atoms with Crippen molar-refractivity contribution < 1.29 is 19.4 Å². The average Bonchev–Trinajstić information content (AvgIpc) is 2.58. The summed E-state index contributed by atoms with van der Waals surface area (Å²) in [7, 11) is 1.48. The van der Waals surface area contributed by atoms with Crippen LogP contribution in [0.25, 0.3) is 0 Å². The van der Waals surface area contributed by atoms with Crippen molar-refractivity contribution in [3.05, 3.63) is 23.8 Å². The van der Waals surface area contributed by atoms with Crippen molar-refractivity contribution in [2.45, 2.75) is 37.3 Å². The number of amides is 1. The maximum atomic E-state index is 12.6. The Morgan fingerprint density at radius 2 is 2.22 bits per heavy atom. The van der Waals surface area contributed by atoms with Crippen LogP contribution in [-0.2, 0) is 4.74 Å². The number of carbonyl (C=O) groups is 1. The molecular weight excluding hydrogens is 296 g/mol. The molecule has 6 heteroatoms. The number of piperidine rings is 1. The quantitative estimate of drug-likeness (QED) is 0.785.